The highest BCUT2D eigenvalue weighted by molar-refractivity contribution is 5.95. The highest BCUT2D eigenvalue weighted by Crippen LogP contribution is 2.35. The highest BCUT2D eigenvalue weighted by atomic mass is 16.7. The number of benzene rings is 1. The van der Waals surface area contributed by atoms with E-state index in [0.29, 0.717) is 22.9 Å². The van der Waals surface area contributed by atoms with Gasteiger partial charge in [-0.05, 0) is 24.3 Å². The van der Waals surface area contributed by atoms with Gasteiger partial charge in [0.1, 0.15) is 12.0 Å². The second-order valence-electron chi connectivity index (χ2n) is 4.51. The van der Waals surface area contributed by atoms with Gasteiger partial charge in [-0.25, -0.2) is 4.98 Å². The number of aromatic nitrogens is 4. The zero-order chi connectivity index (χ0) is 14.2. The Morgan fingerprint density at radius 1 is 1.24 bits per heavy atom. The molecule has 1 aliphatic heterocycles. The van der Waals surface area contributed by atoms with Crippen molar-refractivity contribution in [2.45, 2.75) is 0 Å². The lowest BCUT2D eigenvalue weighted by atomic mass is 10.1. The fraction of sp³-hybridized carbons (Fsp3) is 0.0714. The predicted octanol–water partition coefficient (Wildman–Crippen LogP) is 1.69. The molecule has 0 saturated carbocycles. The second-order valence-corrected chi connectivity index (χ2v) is 4.51. The number of aromatic amines is 1. The molecule has 1 aromatic carbocycles. The Balaban J connectivity index is 1.67. The second kappa shape index (κ2) is 4.48. The van der Waals surface area contributed by atoms with Crippen LogP contribution >= 0.6 is 0 Å². The summed E-state index contributed by atoms with van der Waals surface area (Å²) in [6.45, 7) is 0.226. The van der Waals surface area contributed by atoms with Gasteiger partial charge in [0, 0.05) is 18.0 Å². The van der Waals surface area contributed by atoms with E-state index in [9.17, 15) is 4.79 Å². The molecule has 0 spiro atoms. The van der Waals surface area contributed by atoms with Crippen molar-refractivity contribution >= 4 is 5.91 Å². The number of fused-ring (bicyclic) bond motifs is 1. The van der Waals surface area contributed by atoms with Crippen molar-refractivity contribution in [3.8, 4) is 22.8 Å². The van der Waals surface area contributed by atoms with Crippen molar-refractivity contribution in [3.05, 3.63) is 48.7 Å². The summed E-state index contributed by atoms with van der Waals surface area (Å²) < 4.78 is 12.0. The van der Waals surface area contributed by atoms with E-state index in [4.69, 9.17) is 9.47 Å². The third-order valence-electron chi connectivity index (χ3n) is 3.22. The first-order chi connectivity index (χ1) is 10.3. The third kappa shape index (κ3) is 1.95. The van der Waals surface area contributed by atoms with Gasteiger partial charge in [-0.2, -0.15) is 5.10 Å². The van der Waals surface area contributed by atoms with Gasteiger partial charge in [-0.15, -0.1) is 0 Å². The summed E-state index contributed by atoms with van der Waals surface area (Å²) in [5.74, 6) is 1.17. The maximum atomic E-state index is 12.1. The number of hydrogen-bond acceptors (Lipinski definition) is 5. The summed E-state index contributed by atoms with van der Waals surface area (Å²) in [6.07, 6.45) is 4.58. The summed E-state index contributed by atoms with van der Waals surface area (Å²) >= 11 is 0. The predicted molar refractivity (Wildman–Crippen MR) is 72.1 cm³/mol. The van der Waals surface area contributed by atoms with E-state index in [1.165, 1.54) is 10.9 Å². The van der Waals surface area contributed by atoms with Crippen LogP contribution in [0, 0.1) is 0 Å². The molecule has 7 nitrogen and oxygen atoms in total. The first-order valence-electron chi connectivity index (χ1n) is 6.29. The molecule has 0 radical (unpaired) electrons. The molecule has 0 saturated heterocycles. The van der Waals surface area contributed by atoms with Crippen molar-refractivity contribution in [3.63, 3.8) is 0 Å². The summed E-state index contributed by atoms with van der Waals surface area (Å²) in [5, 5.41) is 6.91. The lowest BCUT2D eigenvalue weighted by molar-refractivity contribution is 0.0955. The minimum absolute atomic E-state index is 0.216. The van der Waals surface area contributed by atoms with Crippen molar-refractivity contribution < 1.29 is 14.3 Å². The number of imidazole rings is 1. The van der Waals surface area contributed by atoms with E-state index >= 15 is 0 Å². The van der Waals surface area contributed by atoms with Crippen molar-refractivity contribution in [2.75, 3.05) is 6.79 Å². The summed E-state index contributed by atoms with van der Waals surface area (Å²) in [7, 11) is 0. The van der Waals surface area contributed by atoms with E-state index in [-0.39, 0.29) is 12.7 Å². The van der Waals surface area contributed by atoms with Gasteiger partial charge in [0.15, 0.2) is 11.5 Å². The maximum Gasteiger partial charge on any atom is 0.281 e. The molecule has 0 atom stereocenters. The van der Waals surface area contributed by atoms with E-state index in [1.807, 2.05) is 18.2 Å². The Morgan fingerprint density at radius 3 is 3.00 bits per heavy atom. The van der Waals surface area contributed by atoms with Crippen LogP contribution in [0.2, 0.25) is 0 Å². The smallest absolute Gasteiger partial charge is 0.281 e. The highest BCUT2D eigenvalue weighted by Gasteiger charge is 2.16. The van der Waals surface area contributed by atoms with Crippen molar-refractivity contribution in [2.24, 2.45) is 0 Å². The fourth-order valence-electron chi connectivity index (χ4n) is 2.15. The molecule has 1 N–H and O–H groups in total. The largest absolute Gasteiger partial charge is 0.454 e. The minimum atomic E-state index is -0.216. The van der Waals surface area contributed by atoms with Crippen LogP contribution in [0.15, 0.2) is 43.0 Å². The van der Waals surface area contributed by atoms with Gasteiger partial charge >= 0.3 is 0 Å². The molecule has 0 fully saturated rings. The Bertz CT molecular complexity index is 808. The van der Waals surface area contributed by atoms with Crippen LogP contribution in [0.3, 0.4) is 0 Å². The van der Waals surface area contributed by atoms with Gasteiger partial charge in [0.05, 0.1) is 5.69 Å². The molecule has 3 aromatic rings. The van der Waals surface area contributed by atoms with E-state index in [2.05, 4.69) is 15.2 Å². The number of H-pyrrole nitrogens is 1. The maximum absolute atomic E-state index is 12.1. The van der Waals surface area contributed by atoms with E-state index in [0.717, 1.165) is 5.56 Å². The number of carbonyl (C=O) groups excluding carboxylic acids is 1. The lowest BCUT2D eigenvalue weighted by Gasteiger charge is -1.99. The molecule has 0 aliphatic carbocycles. The van der Waals surface area contributed by atoms with Crippen LogP contribution in [-0.4, -0.2) is 32.4 Å². The van der Waals surface area contributed by atoms with Gasteiger partial charge in [-0.1, -0.05) is 0 Å². The zero-order valence-corrected chi connectivity index (χ0v) is 10.8. The Hall–Kier alpha value is -3.09. The minimum Gasteiger partial charge on any atom is -0.454 e. The number of rotatable bonds is 2. The van der Waals surface area contributed by atoms with E-state index < -0.39 is 0 Å². The number of hydrogen-bond donors (Lipinski definition) is 1. The summed E-state index contributed by atoms with van der Waals surface area (Å²) in [6, 6.07) is 7.22. The number of nitrogens with one attached hydrogen (secondary N) is 1. The first-order valence-corrected chi connectivity index (χ1v) is 6.29. The molecule has 0 unspecified atom stereocenters. The molecule has 2 aromatic heterocycles. The molecule has 4 rings (SSSR count). The van der Waals surface area contributed by atoms with Crippen molar-refractivity contribution in [1.29, 1.82) is 0 Å². The van der Waals surface area contributed by atoms with E-state index in [1.54, 1.807) is 18.5 Å². The molecule has 0 bridgehead atoms. The van der Waals surface area contributed by atoms with Crippen LogP contribution in [0.5, 0.6) is 11.5 Å². The summed E-state index contributed by atoms with van der Waals surface area (Å²) in [4.78, 5) is 16.0. The number of carbonyl (C=O) groups is 1. The third-order valence-corrected chi connectivity index (χ3v) is 3.22. The Kier molecular flexibility index (Phi) is 2.50. The molecule has 0 amide bonds. The molecule has 21 heavy (non-hydrogen) atoms. The monoisotopic (exact) mass is 282 g/mol. The average molecular weight is 282 g/mol. The summed E-state index contributed by atoms with van der Waals surface area (Å²) in [5.41, 5.74) is 1.90. The topological polar surface area (TPSA) is 82.0 Å². The molecule has 7 heteroatoms. The fourth-order valence-corrected chi connectivity index (χ4v) is 2.15. The number of nitrogens with zero attached hydrogens (tertiary/aromatic N) is 3. The number of ether oxygens (including phenoxy) is 2. The van der Waals surface area contributed by atoms with Crippen LogP contribution in [0.25, 0.3) is 11.3 Å². The molecular weight excluding hydrogens is 272 g/mol. The van der Waals surface area contributed by atoms with Gasteiger partial charge in [-0.3, -0.25) is 14.5 Å². The van der Waals surface area contributed by atoms with Gasteiger partial charge in [0.25, 0.3) is 5.91 Å². The average Bonchev–Trinajstić information content (AvgIpc) is 3.25. The van der Waals surface area contributed by atoms with Crippen LogP contribution in [0.4, 0.5) is 0 Å². The van der Waals surface area contributed by atoms with Crippen molar-refractivity contribution in [1.82, 2.24) is 19.7 Å². The molecular formula is C14H10N4O3. The molecule has 104 valence electrons. The van der Waals surface area contributed by atoms with Crippen LogP contribution < -0.4 is 9.47 Å². The van der Waals surface area contributed by atoms with Crippen LogP contribution in [-0.2, 0) is 0 Å². The Labute approximate surface area is 119 Å². The molecule has 1 aliphatic rings. The standard InChI is InChI=1S/C14H10N4O3/c19-14(18-4-3-15-7-18)11-6-10(16-17-11)9-1-2-12-13(5-9)21-8-20-12/h1-7H,8H2,(H,16,17). The normalized spacial score (nSPS) is 12.6. The van der Waals surface area contributed by atoms with Crippen LogP contribution in [0.1, 0.15) is 10.5 Å². The quantitative estimate of drug-likeness (QED) is 0.773. The zero-order valence-electron chi connectivity index (χ0n) is 10.8. The first kappa shape index (κ1) is 11.7. The molecule has 3 heterocycles. The van der Waals surface area contributed by atoms with Gasteiger partial charge < -0.3 is 9.47 Å². The SMILES string of the molecule is O=C(c1cc(-c2ccc3c(c2)OCO3)n[nH]1)n1ccnc1. The van der Waals surface area contributed by atoms with Gasteiger partial charge in [0.2, 0.25) is 6.79 Å². The lowest BCUT2D eigenvalue weighted by Crippen LogP contribution is -2.09. The Morgan fingerprint density at radius 2 is 2.14 bits per heavy atom.